The van der Waals surface area contributed by atoms with Crippen LogP contribution in [-0.2, 0) is 13.0 Å². The minimum absolute atomic E-state index is 0.667. The Bertz CT molecular complexity index is 501. The van der Waals surface area contributed by atoms with Gasteiger partial charge in [0.2, 0.25) is 0 Å². The summed E-state index contributed by atoms with van der Waals surface area (Å²) in [5, 5.41) is 7.76. The van der Waals surface area contributed by atoms with Gasteiger partial charge in [-0.2, -0.15) is 5.10 Å². The van der Waals surface area contributed by atoms with E-state index in [2.05, 4.69) is 10.4 Å². The van der Waals surface area contributed by atoms with Gasteiger partial charge in [0.1, 0.15) is 5.82 Å². The molecule has 0 unspecified atom stereocenters. The van der Waals surface area contributed by atoms with Crippen LogP contribution in [0.4, 0.5) is 5.82 Å². The molecule has 16 heavy (non-hydrogen) atoms. The molecule has 3 N–H and O–H groups in total. The Morgan fingerprint density at radius 2 is 2.06 bits per heavy atom. The van der Waals surface area contributed by atoms with Crippen LogP contribution < -0.4 is 11.1 Å². The normalized spacial score (nSPS) is 14.8. The van der Waals surface area contributed by atoms with E-state index in [1.54, 1.807) is 0 Å². The number of benzene rings is 1. The Labute approximate surface area is 94.1 Å². The standard InChI is InChI=1S/C12H14N4/c13-12-10-6-7-14-8-11(10)16(15-12)9-4-2-1-3-5-9/h1-5,14H,6-8H2,(H2,13,15). The van der Waals surface area contributed by atoms with Crippen LogP contribution in [0, 0.1) is 0 Å². The molecule has 1 aliphatic heterocycles. The van der Waals surface area contributed by atoms with Crippen molar-refractivity contribution in [3.63, 3.8) is 0 Å². The summed E-state index contributed by atoms with van der Waals surface area (Å²) in [6, 6.07) is 10.1. The predicted octanol–water partition coefficient (Wildman–Crippen LogP) is 1.10. The topological polar surface area (TPSA) is 55.9 Å². The van der Waals surface area contributed by atoms with E-state index < -0.39 is 0 Å². The van der Waals surface area contributed by atoms with Gasteiger partial charge in [0.15, 0.2) is 0 Å². The lowest BCUT2D eigenvalue weighted by Gasteiger charge is -2.15. The molecule has 1 aliphatic rings. The number of nitrogens with two attached hydrogens (primary N) is 1. The van der Waals surface area contributed by atoms with Crippen LogP contribution >= 0.6 is 0 Å². The molecule has 82 valence electrons. The molecule has 3 rings (SSSR count). The number of aromatic nitrogens is 2. The van der Waals surface area contributed by atoms with Crippen LogP contribution in [0.1, 0.15) is 11.3 Å². The van der Waals surface area contributed by atoms with E-state index in [4.69, 9.17) is 5.73 Å². The van der Waals surface area contributed by atoms with Gasteiger partial charge < -0.3 is 11.1 Å². The molecule has 0 saturated heterocycles. The van der Waals surface area contributed by atoms with Crippen LogP contribution in [0.25, 0.3) is 5.69 Å². The number of fused-ring (bicyclic) bond motifs is 1. The van der Waals surface area contributed by atoms with Gasteiger partial charge in [0, 0.05) is 12.1 Å². The lowest BCUT2D eigenvalue weighted by atomic mass is 10.1. The Morgan fingerprint density at radius 3 is 2.88 bits per heavy atom. The molecular formula is C12H14N4. The zero-order chi connectivity index (χ0) is 11.0. The monoisotopic (exact) mass is 214 g/mol. The maximum atomic E-state index is 5.94. The second-order valence-corrected chi connectivity index (χ2v) is 3.98. The minimum atomic E-state index is 0.667. The van der Waals surface area contributed by atoms with E-state index in [9.17, 15) is 0 Å². The van der Waals surface area contributed by atoms with Gasteiger partial charge in [-0.1, -0.05) is 18.2 Å². The molecule has 1 aromatic heterocycles. The number of nitrogen functional groups attached to an aromatic ring is 1. The van der Waals surface area contributed by atoms with Crippen molar-refractivity contribution >= 4 is 5.82 Å². The summed E-state index contributed by atoms with van der Waals surface area (Å²) in [6.45, 7) is 1.83. The average molecular weight is 214 g/mol. The van der Waals surface area contributed by atoms with E-state index in [0.29, 0.717) is 5.82 Å². The highest BCUT2D eigenvalue weighted by Crippen LogP contribution is 2.23. The van der Waals surface area contributed by atoms with E-state index >= 15 is 0 Å². The molecule has 0 amide bonds. The van der Waals surface area contributed by atoms with E-state index in [-0.39, 0.29) is 0 Å². The number of nitrogens with one attached hydrogen (secondary N) is 1. The van der Waals surface area contributed by atoms with Gasteiger partial charge in [-0.3, -0.25) is 0 Å². The van der Waals surface area contributed by atoms with Crippen molar-refractivity contribution in [3.05, 3.63) is 41.6 Å². The molecule has 0 bridgehead atoms. The third kappa shape index (κ3) is 1.39. The zero-order valence-corrected chi connectivity index (χ0v) is 8.98. The number of para-hydroxylation sites is 1. The largest absolute Gasteiger partial charge is 0.382 e. The molecule has 0 atom stereocenters. The number of nitrogens with zero attached hydrogens (tertiary/aromatic N) is 2. The van der Waals surface area contributed by atoms with E-state index in [1.165, 1.54) is 11.3 Å². The van der Waals surface area contributed by atoms with Crippen molar-refractivity contribution in [1.82, 2.24) is 15.1 Å². The fourth-order valence-corrected chi connectivity index (χ4v) is 2.16. The highest BCUT2D eigenvalue weighted by Gasteiger charge is 2.19. The fourth-order valence-electron chi connectivity index (χ4n) is 2.16. The molecule has 0 radical (unpaired) electrons. The third-order valence-corrected chi connectivity index (χ3v) is 2.97. The van der Waals surface area contributed by atoms with E-state index in [0.717, 1.165) is 25.2 Å². The van der Waals surface area contributed by atoms with Crippen molar-refractivity contribution in [3.8, 4) is 5.69 Å². The van der Waals surface area contributed by atoms with Crippen molar-refractivity contribution < 1.29 is 0 Å². The van der Waals surface area contributed by atoms with Crippen LogP contribution in [0.15, 0.2) is 30.3 Å². The zero-order valence-electron chi connectivity index (χ0n) is 8.98. The Kier molecular flexibility index (Phi) is 2.15. The summed E-state index contributed by atoms with van der Waals surface area (Å²) < 4.78 is 1.94. The van der Waals surface area contributed by atoms with Crippen molar-refractivity contribution in [1.29, 1.82) is 0 Å². The molecule has 0 saturated carbocycles. The molecule has 2 heterocycles. The first kappa shape index (κ1) is 9.42. The first-order valence-electron chi connectivity index (χ1n) is 5.48. The average Bonchev–Trinajstić information content (AvgIpc) is 2.69. The SMILES string of the molecule is Nc1nn(-c2ccccc2)c2c1CCNC2. The Hall–Kier alpha value is -1.81. The first-order valence-corrected chi connectivity index (χ1v) is 5.48. The number of rotatable bonds is 1. The summed E-state index contributed by atoms with van der Waals surface area (Å²) in [5.74, 6) is 0.667. The highest BCUT2D eigenvalue weighted by molar-refractivity contribution is 5.48. The molecule has 2 aromatic rings. The molecule has 0 fully saturated rings. The molecule has 4 heteroatoms. The second kappa shape index (κ2) is 3.64. The van der Waals surface area contributed by atoms with Crippen molar-refractivity contribution in [2.45, 2.75) is 13.0 Å². The number of hydrogen-bond acceptors (Lipinski definition) is 3. The summed E-state index contributed by atoms with van der Waals surface area (Å²) in [7, 11) is 0. The summed E-state index contributed by atoms with van der Waals surface area (Å²) in [6.07, 6.45) is 0.966. The maximum absolute atomic E-state index is 5.94. The molecule has 0 aliphatic carbocycles. The third-order valence-electron chi connectivity index (χ3n) is 2.97. The summed E-state index contributed by atoms with van der Waals surface area (Å²) >= 11 is 0. The van der Waals surface area contributed by atoms with E-state index in [1.807, 2.05) is 35.0 Å². The first-order chi connectivity index (χ1) is 7.86. The van der Waals surface area contributed by atoms with Crippen LogP contribution in [-0.4, -0.2) is 16.3 Å². The Morgan fingerprint density at radius 1 is 1.25 bits per heavy atom. The molecule has 1 aromatic carbocycles. The van der Waals surface area contributed by atoms with Crippen LogP contribution in [0.5, 0.6) is 0 Å². The maximum Gasteiger partial charge on any atom is 0.149 e. The predicted molar refractivity (Wildman–Crippen MR) is 63.4 cm³/mol. The fraction of sp³-hybridized carbons (Fsp3) is 0.250. The smallest absolute Gasteiger partial charge is 0.149 e. The quantitative estimate of drug-likeness (QED) is 0.747. The number of hydrogen-bond donors (Lipinski definition) is 2. The Balaban J connectivity index is 2.15. The minimum Gasteiger partial charge on any atom is -0.382 e. The lowest BCUT2D eigenvalue weighted by Crippen LogP contribution is -2.25. The van der Waals surface area contributed by atoms with Gasteiger partial charge in [-0.15, -0.1) is 0 Å². The van der Waals surface area contributed by atoms with Crippen molar-refractivity contribution in [2.75, 3.05) is 12.3 Å². The highest BCUT2D eigenvalue weighted by atomic mass is 15.3. The lowest BCUT2D eigenvalue weighted by molar-refractivity contribution is 0.614. The number of anilines is 1. The van der Waals surface area contributed by atoms with Crippen LogP contribution in [0.2, 0.25) is 0 Å². The van der Waals surface area contributed by atoms with Gasteiger partial charge in [-0.25, -0.2) is 4.68 Å². The van der Waals surface area contributed by atoms with Gasteiger partial charge in [0.05, 0.1) is 11.4 Å². The summed E-state index contributed by atoms with van der Waals surface area (Å²) in [4.78, 5) is 0. The van der Waals surface area contributed by atoms with Crippen LogP contribution in [0.3, 0.4) is 0 Å². The second-order valence-electron chi connectivity index (χ2n) is 3.98. The van der Waals surface area contributed by atoms with Gasteiger partial charge in [-0.05, 0) is 25.1 Å². The van der Waals surface area contributed by atoms with Crippen molar-refractivity contribution in [2.24, 2.45) is 0 Å². The van der Waals surface area contributed by atoms with Gasteiger partial charge in [0.25, 0.3) is 0 Å². The molecule has 4 nitrogen and oxygen atoms in total. The van der Waals surface area contributed by atoms with Gasteiger partial charge >= 0.3 is 0 Å². The molecule has 0 spiro atoms. The summed E-state index contributed by atoms with van der Waals surface area (Å²) in [5.41, 5.74) is 9.40. The molecular weight excluding hydrogens is 200 g/mol.